The van der Waals surface area contributed by atoms with Gasteiger partial charge in [-0.05, 0) is 11.7 Å². The van der Waals surface area contributed by atoms with Gasteiger partial charge in [0.25, 0.3) is 0 Å². The summed E-state index contributed by atoms with van der Waals surface area (Å²) in [7, 11) is 1.31. The van der Waals surface area contributed by atoms with Crippen molar-refractivity contribution in [3.8, 4) is 0 Å². The highest BCUT2D eigenvalue weighted by Crippen LogP contribution is 2.01. The Hall–Kier alpha value is 0.567. The molecule has 2 heteroatoms. The Morgan fingerprint density at radius 3 is 2.33 bits per heavy atom. The van der Waals surface area contributed by atoms with E-state index in [2.05, 4.69) is 19.6 Å². The summed E-state index contributed by atoms with van der Waals surface area (Å²) in [5, 5.41) is 0.691. The fraction of sp³-hybridized carbons (Fsp3) is 1.00. The van der Waals surface area contributed by atoms with E-state index in [0.717, 1.165) is 0 Å². The molecule has 0 aromatic heterocycles. The first-order valence-corrected chi connectivity index (χ1v) is 4.42. The first-order valence-electron chi connectivity index (χ1n) is 2.49. The maximum absolute atomic E-state index is 4.26. The normalized spacial score (nSPS) is 15.0. The second kappa shape index (κ2) is 3.75. The van der Waals surface area contributed by atoms with E-state index in [-0.39, 0.29) is 0 Å². The second-order valence-electron chi connectivity index (χ2n) is 1.47. The van der Waals surface area contributed by atoms with Crippen LogP contribution < -0.4 is 0 Å². The van der Waals surface area contributed by atoms with Crippen molar-refractivity contribution in [3.05, 3.63) is 0 Å². The first-order chi connectivity index (χ1) is 2.81. The van der Waals surface area contributed by atoms with Gasteiger partial charge in [0.1, 0.15) is 0 Å². The Labute approximate surface area is 48.2 Å². The first kappa shape index (κ1) is 6.57. The van der Waals surface area contributed by atoms with Crippen molar-refractivity contribution in [2.45, 2.75) is 24.6 Å². The minimum absolute atomic E-state index is 0.691. The Bertz CT molecular complexity index is 26.7. The number of hydrogen-bond acceptors (Lipinski definition) is 1. The molecule has 0 spiro atoms. The third-order valence-electron chi connectivity index (χ3n) is 0.942. The number of hydrogen-bond donors (Lipinski definition) is 1. The maximum Gasteiger partial charge on any atom is 0.00418 e. The summed E-state index contributed by atoms with van der Waals surface area (Å²) >= 11 is 4.26. The molecule has 1 unspecified atom stereocenters. The Morgan fingerprint density at radius 1 is 1.83 bits per heavy atom. The number of rotatable bonds is 2. The predicted octanol–water partition coefficient (Wildman–Crippen LogP) is 0.478. The molecule has 0 aliphatic rings. The molecule has 38 valence electrons. The molecule has 0 aromatic carbocycles. The summed E-state index contributed by atoms with van der Waals surface area (Å²) < 4.78 is 0. The molecule has 0 aliphatic carbocycles. The third kappa shape index (κ3) is 2.79. The maximum atomic E-state index is 4.26. The van der Waals surface area contributed by atoms with Crippen LogP contribution in [0.4, 0.5) is 0 Å². The van der Waals surface area contributed by atoms with Crippen LogP contribution in [0.15, 0.2) is 0 Å². The van der Waals surface area contributed by atoms with Crippen LogP contribution in [0.5, 0.6) is 0 Å². The zero-order valence-corrected chi connectivity index (χ0v) is 7.33. The van der Waals surface area contributed by atoms with Crippen molar-refractivity contribution >= 4 is 22.9 Å². The Kier molecular flexibility index (Phi) is 4.10. The second-order valence-corrected chi connectivity index (χ2v) is 3.02. The monoisotopic (exact) mass is 120 g/mol. The van der Waals surface area contributed by atoms with E-state index in [1.807, 2.05) is 0 Å². The van der Waals surface area contributed by atoms with Gasteiger partial charge in [-0.1, -0.05) is 13.0 Å². The van der Waals surface area contributed by atoms with Gasteiger partial charge < -0.3 is 0 Å². The summed E-state index contributed by atoms with van der Waals surface area (Å²) in [5.74, 6) is 0. The van der Waals surface area contributed by atoms with Crippen molar-refractivity contribution in [2.75, 3.05) is 0 Å². The summed E-state index contributed by atoms with van der Waals surface area (Å²) in [6.07, 6.45) is 1.23. The van der Waals surface area contributed by atoms with Crippen LogP contribution in [0.1, 0.15) is 13.3 Å². The molecule has 0 nitrogen and oxygen atoms in total. The number of thiol groups is 1. The van der Waals surface area contributed by atoms with Gasteiger partial charge in [0.2, 0.25) is 0 Å². The molecule has 6 heavy (non-hydrogen) atoms. The average Bonchev–Trinajstić information content (AvgIpc) is 1.65. The van der Waals surface area contributed by atoms with Crippen molar-refractivity contribution in [1.29, 1.82) is 0 Å². The van der Waals surface area contributed by atoms with E-state index in [4.69, 9.17) is 0 Å². The van der Waals surface area contributed by atoms with Gasteiger partial charge in [0, 0.05) is 10.2 Å². The lowest BCUT2D eigenvalue weighted by molar-refractivity contribution is 0.911. The van der Waals surface area contributed by atoms with Crippen molar-refractivity contribution in [2.24, 2.45) is 0 Å². The summed E-state index contributed by atoms with van der Waals surface area (Å²) in [6, 6.07) is 1.33. The van der Waals surface area contributed by atoms with E-state index >= 15 is 0 Å². The van der Waals surface area contributed by atoms with Gasteiger partial charge in [0.15, 0.2) is 0 Å². The van der Waals surface area contributed by atoms with Crippen molar-refractivity contribution in [3.63, 3.8) is 0 Å². The van der Waals surface area contributed by atoms with E-state index in [1.165, 1.54) is 22.7 Å². The zero-order valence-electron chi connectivity index (χ0n) is 4.44. The van der Waals surface area contributed by atoms with Gasteiger partial charge >= 0.3 is 0 Å². The molecule has 0 saturated carbocycles. The van der Waals surface area contributed by atoms with Gasteiger partial charge in [-0.2, -0.15) is 12.6 Å². The van der Waals surface area contributed by atoms with Gasteiger partial charge in [-0.3, -0.25) is 0 Å². The molecule has 0 fully saturated rings. The molecular weight excluding hydrogens is 108 g/mol. The largest absolute Gasteiger partial charge is 0.176 e. The lowest BCUT2D eigenvalue weighted by atomic mass is 10.4. The van der Waals surface area contributed by atoms with E-state index in [0.29, 0.717) is 5.25 Å². The van der Waals surface area contributed by atoms with E-state index < -0.39 is 0 Å². The van der Waals surface area contributed by atoms with E-state index in [1.54, 1.807) is 0 Å². The lowest BCUT2D eigenvalue weighted by Gasteiger charge is -1.97. The molecular formula is C4H12SSi. The molecule has 0 aromatic rings. The highest BCUT2D eigenvalue weighted by Gasteiger charge is 1.89. The van der Waals surface area contributed by atoms with Gasteiger partial charge in [-0.25, -0.2) is 0 Å². The Balaban J connectivity index is 2.75. The van der Waals surface area contributed by atoms with Crippen LogP contribution in [-0.4, -0.2) is 15.5 Å². The molecule has 0 amide bonds. The van der Waals surface area contributed by atoms with Crippen LogP contribution in [0.3, 0.4) is 0 Å². The topological polar surface area (TPSA) is 0 Å². The predicted molar refractivity (Wildman–Crippen MR) is 37.8 cm³/mol. The molecule has 0 aliphatic heterocycles. The molecule has 0 heterocycles. The Morgan fingerprint density at radius 2 is 2.33 bits per heavy atom. The van der Waals surface area contributed by atoms with Crippen molar-refractivity contribution < 1.29 is 0 Å². The SMILES string of the molecule is CCC(S)C[SiH3]. The molecule has 0 rings (SSSR count). The summed E-state index contributed by atoms with van der Waals surface area (Å²) in [4.78, 5) is 0. The van der Waals surface area contributed by atoms with Crippen LogP contribution >= 0.6 is 12.6 Å². The van der Waals surface area contributed by atoms with Crippen molar-refractivity contribution in [1.82, 2.24) is 0 Å². The third-order valence-corrected chi connectivity index (χ3v) is 3.35. The van der Waals surface area contributed by atoms with Crippen LogP contribution in [0.25, 0.3) is 0 Å². The quantitative estimate of drug-likeness (QED) is 0.398. The zero-order chi connectivity index (χ0) is 4.99. The summed E-state index contributed by atoms with van der Waals surface area (Å²) in [5.41, 5.74) is 0. The smallest absolute Gasteiger partial charge is 0.00418 e. The molecule has 1 atom stereocenters. The standard InChI is InChI=1S/C4H12SSi/c1-2-4(5)3-6/h4-5H,2-3H2,1,6H3. The lowest BCUT2D eigenvalue weighted by Crippen LogP contribution is -1.91. The minimum atomic E-state index is 0.691. The van der Waals surface area contributed by atoms with E-state index in [9.17, 15) is 0 Å². The fourth-order valence-corrected chi connectivity index (χ4v) is 0.866. The average molecular weight is 120 g/mol. The minimum Gasteiger partial charge on any atom is -0.176 e. The highest BCUT2D eigenvalue weighted by atomic mass is 32.1. The highest BCUT2D eigenvalue weighted by molar-refractivity contribution is 7.81. The van der Waals surface area contributed by atoms with Crippen LogP contribution in [0, 0.1) is 0 Å². The molecule has 0 radical (unpaired) electrons. The fourth-order valence-electron chi connectivity index (χ4n) is 0.289. The summed E-state index contributed by atoms with van der Waals surface area (Å²) in [6.45, 7) is 2.18. The van der Waals surface area contributed by atoms with Crippen LogP contribution in [-0.2, 0) is 0 Å². The molecule has 0 N–H and O–H groups in total. The van der Waals surface area contributed by atoms with Crippen LogP contribution in [0.2, 0.25) is 6.04 Å². The van der Waals surface area contributed by atoms with Gasteiger partial charge in [-0.15, -0.1) is 0 Å². The molecule has 0 saturated heterocycles. The molecule has 0 bridgehead atoms. The van der Waals surface area contributed by atoms with Gasteiger partial charge in [0.05, 0.1) is 0 Å².